The van der Waals surface area contributed by atoms with E-state index in [0.717, 1.165) is 0 Å². The molecule has 0 heterocycles. The molecule has 0 bridgehead atoms. The van der Waals surface area contributed by atoms with Crippen LogP contribution in [0, 0.1) is 0 Å². The van der Waals surface area contributed by atoms with Crippen LogP contribution in [0.1, 0.15) is 32.6 Å². The number of thiol groups is 1. The van der Waals surface area contributed by atoms with E-state index < -0.39 is 24.0 Å². The second-order valence-corrected chi connectivity index (χ2v) is 4.75. The predicted molar refractivity (Wildman–Crippen MR) is 78.5 cm³/mol. The van der Waals surface area contributed by atoms with Crippen molar-refractivity contribution in [3.8, 4) is 0 Å². The normalized spacial score (nSPS) is 13.3. The maximum absolute atomic E-state index is 11.9. The van der Waals surface area contributed by atoms with Gasteiger partial charge in [0.15, 0.2) is 0 Å². The zero-order valence-electron chi connectivity index (χ0n) is 11.6. The minimum atomic E-state index is -1.09. The number of rotatable bonds is 10. The molecule has 5 N–H and O–H groups in total. The summed E-state index contributed by atoms with van der Waals surface area (Å²) in [5.41, 5.74) is 5.29. The Morgan fingerprint density at radius 2 is 1.90 bits per heavy atom. The molecule has 8 heteroatoms. The minimum absolute atomic E-state index is 0.0959. The minimum Gasteiger partial charge on any atom is -0.480 e. The van der Waals surface area contributed by atoms with Gasteiger partial charge in [-0.15, -0.1) is 0 Å². The van der Waals surface area contributed by atoms with Crippen molar-refractivity contribution in [2.24, 2.45) is 5.73 Å². The lowest BCUT2D eigenvalue weighted by Gasteiger charge is -2.19. The molecular formula is C12H23N3O4S. The third-order valence-corrected chi connectivity index (χ3v) is 3.00. The zero-order chi connectivity index (χ0) is 15.5. The first-order chi connectivity index (χ1) is 9.46. The molecule has 0 spiro atoms. The van der Waals surface area contributed by atoms with E-state index in [1.165, 1.54) is 0 Å². The van der Waals surface area contributed by atoms with Gasteiger partial charge in [-0.05, 0) is 19.4 Å². The standard InChI is InChI=1S/C12H23N3O4S/c1-2-4-8(12(18)19)15-11(17)9(7-20)14-10(16)5-3-6-13/h8-9,20H,2-7,13H2,1H3,(H,14,16)(H,15,17)(H,18,19). The quantitative estimate of drug-likeness (QED) is 0.349. The molecule has 0 aromatic heterocycles. The van der Waals surface area contributed by atoms with Crippen molar-refractivity contribution < 1.29 is 19.5 Å². The van der Waals surface area contributed by atoms with E-state index in [9.17, 15) is 14.4 Å². The summed E-state index contributed by atoms with van der Waals surface area (Å²) in [4.78, 5) is 34.4. The number of carbonyl (C=O) groups is 3. The van der Waals surface area contributed by atoms with Crippen molar-refractivity contribution in [2.75, 3.05) is 12.3 Å². The van der Waals surface area contributed by atoms with Gasteiger partial charge in [0.1, 0.15) is 12.1 Å². The number of carbonyl (C=O) groups excluding carboxylic acids is 2. The molecular weight excluding hydrogens is 282 g/mol. The molecule has 0 aliphatic rings. The first kappa shape index (κ1) is 18.7. The predicted octanol–water partition coefficient (Wildman–Crippen LogP) is -0.491. The lowest BCUT2D eigenvalue weighted by atomic mass is 10.1. The van der Waals surface area contributed by atoms with Crippen LogP contribution >= 0.6 is 12.6 Å². The summed E-state index contributed by atoms with van der Waals surface area (Å²) in [5, 5.41) is 13.9. The molecule has 2 atom stereocenters. The van der Waals surface area contributed by atoms with E-state index in [-0.39, 0.29) is 18.1 Å². The molecule has 116 valence electrons. The number of nitrogens with one attached hydrogen (secondary N) is 2. The average molecular weight is 305 g/mol. The van der Waals surface area contributed by atoms with Gasteiger partial charge >= 0.3 is 5.97 Å². The van der Waals surface area contributed by atoms with Crippen LogP contribution in [0.15, 0.2) is 0 Å². The summed E-state index contributed by atoms with van der Waals surface area (Å²) < 4.78 is 0. The molecule has 0 aliphatic carbocycles. The van der Waals surface area contributed by atoms with E-state index in [2.05, 4.69) is 23.3 Å². The third kappa shape index (κ3) is 7.34. The number of amides is 2. The summed E-state index contributed by atoms with van der Waals surface area (Å²) in [6.07, 6.45) is 1.72. The summed E-state index contributed by atoms with van der Waals surface area (Å²) in [5.74, 6) is -1.83. The van der Waals surface area contributed by atoms with E-state index in [0.29, 0.717) is 25.8 Å². The Morgan fingerprint density at radius 3 is 2.35 bits per heavy atom. The van der Waals surface area contributed by atoms with Crippen LogP contribution in [-0.2, 0) is 14.4 Å². The lowest BCUT2D eigenvalue weighted by molar-refractivity contribution is -0.142. The van der Waals surface area contributed by atoms with E-state index in [1.54, 1.807) is 0 Å². The summed E-state index contributed by atoms with van der Waals surface area (Å²) >= 11 is 4.00. The second-order valence-electron chi connectivity index (χ2n) is 4.38. The number of carboxylic acid groups (broad SMARTS) is 1. The molecule has 0 saturated heterocycles. The molecule has 0 aliphatic heterocycles. The van der Waals surface area contributed by atoms with Gasteiger partial charge in [-0.25, -0.2) is 4.79 Å². The van der Waals surface area contributed by atoms with Crippen molar-refractivity contribution in [1.29, 1.82) is 0 Å². The smallest absolute Gasteiger partial charge is 0.326 e. The van der Waals surface area contributed by atoms with Crippen LogP contribution in [-0.4, -0.2) is 47.3 Å². The molecule has 0 aromatic rings. The molecule has 20 heavy (non-hydrogen) atoms. The van der Waals surface area contributed by atoms with Gasteiger partial charge in [-0.2, -0.15) is 12.6 Å². The molecule has 0 aromatic carbocycles. The van der Waals surface area contributed by atoms with Crippen molar-refractivity contribution in [2.45, 2.75) is 44.7 Å². The van der Waals surface area contributed by atoms with Gasteiger partial charge in [-0.1, -0.05) is 13.3 Å². The van der Waals surface area contributed by atoms with Crippen LogP contribution in [0.3, 0.4) is 0 Å². The van der Waals surface area contributed by atoms with E-state index in [4.69, 9.17) is 10.8 Å². The van der Waals surface area contributed by atoms with Crippen molar-refractivity contribution >= 4 is 30.4 Å². The van der Waals surface area contributed by atoms with Gasteiger partial charge in [-0.3, -0.25) is 9.59 Å². The van der Waals surface area contributed by atoms with Gasteiger partial charge in [0.25, 0.3) is 0 Å². The fourth-order valence-corrected chi connectivity index (χ4v) is 1.80. The van der Waals surface area contributed by atoms with Crippen molar-refractivity contribution in [1.82, 2.24) is 10.6 Å². The topological polar surface area (TPSA) is 122 Å². The van der Waals surface area contributed by atoms with Gasteiger partial charge in [0.2, 0.25) is 11.8 Å². The first-order valence-corrected chi connectivity index (χ1v) is 7.22. The van der Waals surface area contributed by atoms with Crippen molar-refractivity contribution in [3.05, 3.63) is 0 Å². The summed E-state index contributed by atoms with van der Waals surface area (Å²) in [6.45, 7) is 2.22. The van der Waals surface area contributed by atoms with E-state index >= 15 is 0 Å². The highest BCUT2D eigenvalue weighted by molar-refractivity contribution is 7.80. The Bertz CT molecular complexity index is 339. The largest absolute Gasteiger partial charge is 0.480 e. The van der Waals surface area contributed by atoms with Crippen LogP contribution in [0.2, 0.25) is 0 Å². The Labute approximate surface area is 124 Å². The Hall–Kier alpha value is -1.28. The van der Waals surface area contributed by atoms with Crippen molar-refractivity contribution in [3.63, 3.8) is 0 Å². The van der Waals surface area contributed by atoms with Gasteiger partial charge < -0.3 is 21.5 Å². The Kier molecular flexibility index (Phi) is 9.83. The van der Waals surface area contributed by atoms with E-state index in [1.807, 2.05) is 6.92 Å². The van der Waals surface area contributed by atoms with Crippen LogP contribution in [0.5, 0.6) is 0 Å². The Balaban J connectivity index is 4.45. The highest BCUT2D eigenvalue weighted by Crippen LogP contribution is 1.99. The summed E-state index contributed by atoms with van der Waals surface area (Å²) in [7, 11) is 0. The first-order valence-electron chi connectivity index (χ1n) is 6.59. The summed E-state index contributed by atoms with van der Waals surface area (Å²) in [6, 6.07) is -1.79. The molecule has 0 fully saturated rings. The monoisotopic (exact) mass is 305 g/mol. The van der Waals surface area contributed by atoms with Gasteiger partial charge in [0.05, 0.1) is 0 Å². The fourth-order valence-electron chi connectivity index (χ4n) is 1.54. The maximum atomic E-state index is 11.9. The molecule has 7 nitrogen and oxygen atoms in total. The van der Waals surface area contributed by atoms with Crippen LogP contribution in [0.25, 0.3) is 0 Å². The SMILES string of the molecule is CCCC(NC(=O)C(CS)NC(=O)CCCN)C(=O)O. The third-order valence-electron chi connectivity index (χ3n) is 2.63. The number of carboxylic acids is 1. The molecule has 2 unspecified atom stereocenters. The zero-order valence-corrected chi connectivity index (χ0v) is 12.5. The number of nitrogens with two attached hydrogens (primary N) is 1. The molecule has 0 rings (SSSR count). The Morgan fingerprint density at radius 1 is 1.25 bits per heavy atom. The second kappa shape index (κ2) is 10.5. The molecule has 0 radical (unpaired) electrons. The molecule has 0 saturated carbocycles. The average Bonchev–Trinajstić information content (AvgIpc) is 2.41. The van der Waals surface area contributed by atoms with Crippen LogP contribution < -0.4 is 16.4 Å². The fraction of sp³-hybridized carbons (Fsp3) is 0.750. The molecule has 2 amide bonds. The number of hydrogen-bond acceptors (Lipinski definition) is 5. The van der Waals surface area contributed by atoms with Crippen LogP contribution in [0.4, 0.5) is 0 Å². The number of hydrogen-bond donors (Lipinski definition) is 5. The maximum Gasteiger partial charge on any atom is 0.326 e. The van der Waals surface area contributed by atoms with Gasteiger partial charge in [0, 0.05) is 12.2 Å². The number of aliphatic carboxylic acids is 1. The lowest BCUT2D eigenvalue weighted by Crippen LogP contribution is -2.52. The highest BCUT2D eigenvalue weighted by Gasteiger charge is 2.24. The highest BCUT2D eigenvalue weighted by atomic mass is 32.1.